The summed E-state index contributed by atoms with van der Waals surface area (Å²) in [5.74, 6) is 0.117. The van der Waals surface area contributed by atoms with Crippen molar-refractivity contribution < 1.29 is 4.79 Å². The molecule has 27 heavy (non-hydrogen) atoms. The Labute approximate surface area is 161 Å². The number of rotatable bonds is 7. The average molecular weight is 364 g/mol. The fourth-order valence-corrected chi connectivity index (χ4v) is 3.39. The number of aryl methyl sites for hydroxylation is 1. The van der Waals surface area contributed by atoms with Gasteiger partial charge in [0.2, 0.25) is 5.91 Å². The Morgan fingerprint density at radius 3 is 2.56 bits per heavy atom. The van der Waals surface area contributed by atoms with Crippen molar-refractivity contribution in [1.29, 1.82) is 0 Å². The van der Waals surface area contributed by atoms with Crippen LogP contribution in [0.5, 0.6) is 0 Å². The lowest BCUT2D eigenvalue weighted by atomic mass is 10.1. The molecule has 0 unspecified atom stereocenters. The van der Waals surface area contributed by atoms with Gasteiger partial charge in [-0.2, -0.15) is 5.10 Å². The summed E-state index contributed by atoms with van der Waals surface area (Å²) in [7, 11) is 1.91. The summed E-state index contributed by atoms with van der Waals surface area (Å²) in [6.07, 6.45) is 3.87. The van der Waals surface area contributed by atoms with Gasteiger partial charge in [0.25, 0.3) is 0 Å². The van der Waals surface area contributed by atoms with Crippen molar-refractivity contribution in [1.82, 2.24) is 14.7 Å². The van der Waals surface area contributed by atoms with Crippen molar-refractivity contribution in [3.05, 3.63) is 60.4 Å². The number of benzene rings is 2. The smallest absolute Gasteiger partial charge is 0.241 e. The van der Waals surface area contributed by atoms with Crippen LogP contribution in [0, 0.1) is 0 Å². The van der Waals surface area contributed by atoms with Crippen molar-refractivity contribution in [2.24, 2.45) is 7.05 Å². The number of hydrogen-bond donors (Lipinski definition) is 0. The molecule has 0 atom stereocenters. The number of anilines is 1. The van der Waals surface area contributed by atoms with Gasteiger partial charge in [-0.05, 0) is 32.2 Å². The van der Waals surface area contributed by atoms with Crippen LogP contribution in [-0.4, -0.2) is 39.7 Å². The van der Waals surface area contributed by atoms with Crippen LogP contribution in [0.3, 0.4) is 0 Å². The predicted octanol–water partition coefficient (Wildman–Crippen LogP) is 3.84. The number of amides is 1. The lowest BCUT2D eigenvalue weighted by Gasteiger charge is -2.29. The molecule has 0 fully saturated rings. The Hall–Kier alpha value is -2.66. The minimum atomic E-state index is 0.117. The van der Waals surface area contributed by atoms with Gasteiger partial charge in [-0.3, -0.25) is 14.4 Å². The number of carbonyl (C=O) groups is 1. The molecule has 1 aromatic heterocycles. The quantitative estimate of drug-likeness (QED) is 0.640. The predicted molar refractivity (Wildman–Crippen MR) is 111 cm³/mol. The second kappa shape index (κ2) is 8.35. The monoisotopic (exact) mass is 364 g/mol. The molecule has 0 spiro atoms. The van der Waals surface area contributed by atoms with Gasteiger partial charge in [0.05, 0.1) is 18.4 Å². The number of likely N-dealkylation sites (N-methyl/N-ethyl adjacent to an activating group) is 1. The van der Waals surface area contributed by atoms with Gasteiger partial charge in [0.1, 0.15) is 0 Å². The molecule has 0 bridgehead atoms. The molecule has 0 saturated heterocycles. The van der Waals surface area contributed by atoms with Crippen molar-refractivity contribution in [2.75, 3.05) is 18.0 Å². The van der Waals surface area contributed by atoms with E-state index in [4.69, 9.17) is 0 Å². The number of hydrogen-bond acceptors (Lipinski definition) is 3. The summed E-state index contributed by atoms with van der Waals surface area (Å²) < 4.78 is 1.80. The summed E-state index contributed by atoms with van der Waals surface area (Å²) in [6.45, 7) is 8.01. The lowest BCUT2D eigenvalue weighted by Crippen LogP contribution is -2.42. The summed E-state index contributed by atoms with van der Waals surface area (Å²) in [5.41, 5.74) is 2.10. The molecular formula is C22H28N4O. The largest absolute Gasteiger partial charge is 0.311 e. The molecule has 0 aliphatic carbocycles. The van der Waals surface area contributed by atoms with E-state index < -0.39 is 0 Å². The van der Waals surface area contributed by atoms with E-state index in [1.165, 1.54) is 0 Å². The maximum Gasteiger partial charge on any atom is 0.241 e. The van der Waals surface area contributed by atoms with Crippen LogP contribution in [0.15, 0.2) is 54.9 Å². The molecule has 0 N–H and O–H groups in total. The van der Waals surface area contributed by atoms with Crippen LogP contribution < -0.4 is 4.90 Å². The number of aromatic nitrogens is 2. The molecule has 3 aromatic rings. The molecule has 142 valence electrons. The highest BCUT2D eigenvalue weighted by Gasteiger charge is 2.21. The second-order valence-corrected chi connectivity index (χ2v) is 7.16. The highest BCUT2D eigenvalue weighted by molar-refractivity contribution is 6.04. The van der Waals surface area contributed by atoms with Gasteiger partial charge in [-0.15, -0.1) is 0 Å². The second-order valence-electron chi connectivity index (χ2n) is 7.16. The highest BCUT2D eigenvalue weighted by Crippen LogP contribution is 2.27. The van der Waals surface area contributed by atoms with E-state index in [1.807, 2.05) is 55.5 Å². The summed E-state index contributed by atoms with van der Waals surface area (Å²) in [6, 6.07) is 14.6. The SMILES string of the molecule is CCN(C(=O)CN(Cc1cnn(C)c1)C(C)C)c1cccc2ccccc12. The standard InChI is InChI=1S/C22H28N4O/c1-5-26(21-12-8-10-19-9-6-7-11-20(19)21)22(27)16-25(17(2)3)15-18-13-23-24(4)14-18/h6-14,17H,5,15-16H2,1-4H3. The van der Waals surface area contributed by atoms with Gasteiger partial charge in [-0.1, -0.05) is 36.4 Å². The molecule has 5 nitrogen and oxygen atoms in total. The minimum Gasteiger partial charge on any atom is -0.311 e. The lowest BCUT2D eigenvalue weighted by molar-refractivity contribution is -0.120. The zero-order valence-electron chi connectivity index (χ0n) is 16.6. The van der Waals surface area contributed by atoms with E-state index in [0.29, 0.717) is 19.6 Å². The summed E-state index contributed by atoms with van der Waals surface area (Å²) in [4.78, 5) is 17.3. The third kappa shape index (κ3) is 4.37. The van der Waals surface area contributed by atoms with Crippen LogP contribution in [0.1, 0.15) is 26.3 Å². The Kier molecular flexibility index (Phi) is 5.91. The molecule has 2 aromatic carbocycles. The Morgan fingerprint density at radius 1 is 1.15 bits per heavy atom. The third-order valence-corrected chi connectivity index (χ3v) is 4.89. The Bertz CT molecular complexity index is 910. The zero-order chi connectivity index (χ0) is 19.4. The average Bonchev–Trinajstić information content (AvgIpc) is 3.07. The highest BCUT2D eigenvalue weighted by atomic mass is 16.2. The maximum atomic E-state index is 13.2. The van der Waals surface area contributed by atoms with Crippen molar-refractivity contribution >= 4 is 22.4 Å². The van der Waals surface area contributed by atoms with Gasteiger partial charge in [-0.25, -0.2) is 0 Å². The van der Waals surface area contributed by atoms with Crippen molar-refractivity contribution in [3.63, 3.8) is 0 Å². The molecule has 3 rings (SSSR count). The zero-order valence-corrected chi connectivity index (χ0v) is 16.6. The van der Waals surface area contributed by atoms with Crippen molar-refractivity contribution in [3.8, 4) is 0 Å². The van der Waals surface area contributed by atoms with Gasteiger partial charge in [0, 0.05) is 43.3 Å². The van der Waals surface area contributed by atoms with E-state index in [1.54, 1.807) is 4.68 Å². The van der Waals surface area contributed by atoms with Crippen LogP contribution in [0.25, 0.3) is 10.8 Å². The first-order chi connectivity index (χ1) is 13.0. The molecule has 0 aliphatic heterocycles. The molecule has 0 saturated carbocycles. The fourth-order valence-electron chi connectivity index (χ4n) is 3.39. The van der Waals surface area contributed by atoms with E-state index in [2.05, 4.69) is 42.0 Å². The van der Waals surface area contributed by atoms with Crippen molar-refractivity contribution in [2.45, 2.75) is 33.4 Å². The first-order valence-electron chi connectivity index (χ1n) is 9.49. The minimum absolute atomic E-state index is 0.117. The van der Waals surface area contributed by atoms with E-state index in [9.17, 15) is 4.79 Å². The number of fused-ring (bicyclic) bond motifs is 1. The van der Waals surface area contributed by atoms with Crippen LogP contribution in [0.4, 0.5) is 5.69 Å². The van der Waals surface area contributed by atoms with Crippen LogP contribution in [-0.2, 0) is 18.4 Å². The number of carbonyl (C=O) groups excluding carboxylic acids is 1. The molecule has 5 heteroatoms. The topological polar surface area (TPSA) is 41.4 Å². The Balaban J connectivity index is 1.82. The maximum absolute atomic E-state index is 13.2. The normalized spacial score (nSPS) is 11.5. The molecule has 1 heterocycles. The third-order valence-electron chi connectivity index (χ3n) is 4.89. The van der Waals surface area contributed by atoms with Crippen LogP contribution in [0.2, 0.25) is 0 Å². The summed E-state index contributed by atoms with van der Waals surface area (Å²) in [5, 5.41) is 6.50. The van der Waals surface area contributed by atoms with Crippen LogP contribution >= 0.6 is 0 Å². The van der Waals surface area contributed by atoms with Gasteiger partial charge in [0.15, 0.2) is 0 Å². The van der Waals surface area contributed by atoms with E-state index >= 15 is 0 Å². The van der Waals surface area contributed by atoms with E-state index in [0.717, 1.165) is 22.0 Å². The molecule has 1 amide bonds. The fraction of sp³-hybridized carbons (Fsp3) is 0.364. The summed E-state index contributed by atoms with van der Waals surface area (Å²) >= 11 is 0. The number of nitrogens with zero attached hydrogens (tertiary/aromatic N) is 4. The first kappa shape index (κ1) is 19.1. The van der Waals surface area contributed by atoms with Gasteiger partial charge >= 0.3 is 0 Å². The molecule has 0 aliphatic rings. The first-order valence-corrected chi connectivity index (χ1v) is 9.49. The Morgan fingerprint density at radius 2 is 1.89 bits per heavy atom. The van der Waals surface area contributed by atoms with Gasteiger partial charge < -0.3 is 4.90 Å². The molecular weight excluding hydrogens is 336 g/mol. The molecule has 0 radical (unpaired) electrons. The van der Waals surface area contributed by atoms with E-state index in [-0.39, 0.29) is 11.9 Å².